The average Bonchev–Trinajstić information content (AvgIpc) is 3.95. The molecule has 6 aliphatic rings. The van der Waals surface area contributed by atoms with Crippen LogP contribution in [0.5, 0.6) is 5.75 Å². The van der Waals surface area contributed by atoms with Gasteiger partial charge in [0.2, 0.25) is 5.91 Å². The Kier molecular flexibility index (Phi) is 10.5. The van der Waals surface area contributed by atoms with E-state index in [1.165, 1.54) is 12.0 Å². The molecule has 1 amide bonds. The number of aromatic nitrogens is 2. The lowest BCUT2D eigenvalue weighted by Gasteiger charge is -2.73. The molecule has 6 fully saturated rings. The fourth-order valence-electron chi connectivity index (χ4n) is 15.4. The van der Waals surface area contributed by atoms with Crippen molar-refractivity contribution in [2.75, 3.05) is 13.7 Å². The molecule has 1 aromatic carbocycles. The molecule has 1 N–H and O–H groups in total. The van der Waals surface area contributed by atoms with E-state index in [9.17, 15) is 9.59 Å². The molecule has 59 heavy (non-hydrogen) atoms. The number of imidazole rings is 1. The monoisotopic (exact) mass is 810 g/mol. The number of likely N-dealkylation sites (tertiary alicyclic amines) is 1. The number of nitrogens with one attached hydrogen (secondary N) is 1. The van der Waals surface area contributed by atoms with E-state index in [0.717, 1.165) is 100 Å². The highest BCUT2D eigenvalue weighted by Gasteiger charge is 2.72. The third-order valence-electron chi connectivity index (χ3n) is 18.5. The third-order valence-corrected chi connectivity index (χ3v) is 18.5. The van der Waals surface area contributed by atoms with Gasteiger partial charge in [-0.1, -0.05) is 46.8 Å². The standard InChI is InChI=1S/C50H71N3O6/c1-31(2)34-19-24-50(44(56)53-27-11-12-37(53)43-51-29-36(52-43)32-13-15-33(57-10)16-14-32)26-25-48(8)35(42(34)50)17-18-39-47(7)22-21-40(59-41(55)28-45(3,4)58-30-54)46(5,6)38(47)20-23-49(39,48)9/h13-16,29-30,34-35,37-40,42H,1,11-12,17-28H2,2-10H3,(H,51,52)/t34-,35+,37-,38-,39+,40-,42+,47-,48+,49+,50-/m0/s1. The number of aromatic amines is 1. The summed E-state index contributed by atoms with van der Waals surface area (Å²) in [6.07, 6.45) is 14.2. The minimum atomic E-state index is -0.893. The number of rotatable bonds is 10. The lowest BCUT2D eigenvalue weighted by atomic mass is 9.32. The Morgan fingerprint density at radius 1 is 0.932 bits per heavy atom. The van der Waals surface area contributed by atoms with Gasteiger partial charge in [0.25, 0.3) is 6.47 Å². The predicted octanol–water partition coefficient (Wildman–Crippen LogP) is 10.7. The van der Waals surface area contributed by atoms with Crippen LogP contribution in [0.1, 0.15) is 151 Å². The van der Waals surface area contributed by atoms with Crippen LogP contribution in [0.25, 0.3) is 11.3 Å². The minimum Gasteiger partial charge on any atom is -0.497 e. The highest BCUT2D eigenvalue weighted by molar-refractivity contribution is 5.84. The number of esters is 1. The number of fused-ring (bicyclic) bond motifs is 7. The van der Waals surface area contributed by atoms with Gasteiger partial charge in [0.15, 0.2) is 0 Å². The van der Waals surface area contributed by atoms with Crippen molar-refractivity contribution in [2.45, 2.75) is 157 Å². The Morgan fingerprint density at radius 3 is 2.37 bits per heavy atom. The predicted molar refractivity (Wildman–Crippen MR) is 229 cm³/mol. The number of carbonyl (C=O) groups is 3. The molecule has 322 valence electrons. The van der Waals surface area contributed by atoms with E-state index < -0.39 is 5.60 Å². The number of amides is 1. The first-order chi connectivity index (χ1) is 27.8. The van der Waals surface area contributed by atoms with Gasteiger partial charge in [0.05, 0.1) is 36.9 Å². The van der Waals surface area contributed by atoms with Crippen LogP contribution < -0.4 is 4.74 Å². The normalized spacial score (nSPS) is 38.6. The van der Waals surface area contributed by atoms with Crippen molar-refractivity contribution in [1.82, 2.24) is 14.9 Å². The summed E-state index contributed by atoms with van der Waals surface area (Å²) in [6.45, 7) is 24.1. The summed E-state index contributed by atoms with van der Waals surface area (Å²) >= 11 is 0. The van der Waals surface area contributed by atoms with Crippen molar-refractivity contribution < 1.29 is 28.6 Å². The number of methoxy groups -OCH3 is 1. The van der Waals surface area contributed by atoms with E-state index in [-0.39, 0.29) is 51.6 Å². The summed E-state index contributed by atoms with van der Waals surface area (Å²) in [4.78, 5) is 50.6. The van der Waals surface area contributed by atoms with E-state index in [1.54, 1.807) is 21.0 Å². The zero-order chi connectivity index (χ0) is 42.3. The van der Waals surface area contributed by atoms with Crippen molar-refractivity contribution in [3.05, 3.63) is 48.4 Å². The molecule has 0 bridgehead atoms. The van der Waals surface area contributed by atoms with Gasteiger partial charge in [-0.25, -0.2) is 4.98 Å². The summed E-state index contributed by atoms with van der Waals surface area (Å²) in [5.41, 5.74) is 2.18. The molecule has 9 heteroatoms. The van der Waals surface area contributed by atoms with Gasteiger partial charge in [-0.15, -0.1) is 0 Å². The van der Waals surface area contributed by atoms with Gasteiger partial charge < -0.3 is 24.1 Å². The Morgan fingerprint density at radius 2 is 1.68 bits per heavy atom. The summed E-state index contributed by atoms with van der Waals surface area (Å²) < 4.78 is 16.8. The lowest BCUT2D eigenvalue weighted by molar-refractivity contribution is -0.250. The van der Waals surface area contributed by atoms with Gasteiger partial charge in [0, 0.05) is 12.0 Å². The third kappa shape index (κ3) is 6.51. The molecule has 2 aromatic rings. The first-order valence-corrected chi connectivity index (χ1v) is 22.8. The topological polar surface area (TPSA) is 111 Å². The highest BCUT2D eigenvalue weighted by Crippen LogP contribution is 2.78. The maximum absolute atomic E-state index is 15.6. The Labute approximate surface area is 353 Å². The number of H-pyrrole nitrogens is 1. The number of benzene rings is 1. The first kappa shape index (κ1) is 42.1. The summed E-state index contributed by atoms with van der Waals surface area (Å²) in [5.74, 6) is 3.89. The van der Waals surface area contributed by atoms with Gasteiger partial charge in [-0.05, 0) is 173 Å². The second-order valence-corrected chi connectivity index (χ2v) is 21.9. The van der Waals surface area contributed by atoms with E-state index in [4.69, 9.17) is 19.2 Å². The van der Waals surface area contributed by atoms with Gasteiger partial charge >= 0.3 is 5.97 Å². The SMILES string of the molecule is C=C(C)[C@@H]1CC[C@]2(C(=O)N3CCC[C@H]3c3ncc(-c4ccc(OC)cc4)[nH]3)CC[C@]3(C)[C@H](CC[C@@H]4[C@@]5(C)CC[C@H](OC(=O)CC(C)(C)OC=O)C(C)(C)[C@@H]5CC[C@]43C)[C@@H]12. The molecule has 5 saturated carbocycles. The number of carbonyl (C=O) groups excluding carboxylic acids is 3. The maximum Gasteiger partial charge on any atom is 0.310 e. The van der Waals surface area contributed by atoms with Gasteiger partial charge in [-0.2, -0.15) is 0 Å². The fraction of sp³-hybridized carbons (Fsp3) is 0.720. The van der Waals surface area contributed by atoms with Crippen molar-refractivity contribution in [3.63, 3.8) is 0 Å². The molecule has 0 radical (unpaired) electrons. The first-order valence-electron chi connectivity index (χ1n) is 22.8. The van der Waals surface area contributed by atoms with Crippen molar-refractivity contribution in [1.29, 1.82) is 0 Å². The van der Waals surface area contributed by atoms with Crippen LogP contribution in [0, 0.1) is 56.7 Å². The van der Waals surface area contributed by atoms with Gasteiger partial charge in [0.1, 0.15) is 23.3 Å². The largest absolute Gasteiger partial charge is 0.497 e. The molecule has 1 aliphatic heterocycles. The molecule has 0 spiro atoms. The second kappa shape index (κ2) is 14.8. The summed E-state index contributed by atoms with van der Waals surface area (Å²) in [7, 11) is 1.68. The molecular formula is C50H71N3O6. The Bertz CT molecular complexity index is 1950. The van der Waals surface area contributed by atoms with E-state index >= 15 is 4.79 Å². The van der Waals surface area contributed by atoms with Crippen LogP contribution >= 0.6 is 0 Å². The molecule has 2 heterocycles. The van der Waals surface area contributed by atoms with Crippen LogP contribution in [0.2, 0.25) is 0 Å². The van der Waals surface area contributed by atoms with Crippen LogP contribution in [0.3, 0.4) is 0 Å². The quantitative estimate of drug-likeness (QED) is 0.145. The number of hydrogen-bond acceptors (Lipinski definition) is 7. The lowest BCUT2D eigenvalue weighted by Crippen LogP contribution is -2.67. The van der Waals surface area contributed by atoms with Crippen molar-refractivity contribution in [2.24, 2.45) is 56.7 Å². The zero-order valence-corrected chi connectivity index (χ0v) is 37.5. The molecule has 8 rings (SSSR count). The highest BCUT2D eigenvalue weighted by atomic mass is 16.6. The Balaban J connectivity index is 1.05. The van der Waals surface area contributed by atoms with Gasteiger partial charge in [-0.3, -0.25) is 14.4 Å². The molecular weight excluding hydrogens is 739 g/mol. The average molecular weight is 810 g/mol. The molecule has 9 nitrogen and oxygen atoms in total. The van der Waals surface area contributed by atoms with E-state index in [1.807, 2.05) is 18.3 Å². The number of allylic oxidation sites excluding steroid dienone is 1. The van der Waals surface area contributed by atoms with E-state index in [2.05, 4.69) is 70.1 Å². The van der Waals surface area contributed by atoms with Crippen LogP contribution in [-0.2, 0) is 23.9 Å². The molecule has 1 saturated heterocycles. The van der Waals surface area contributed by atoms with Crippen molar-refractivity contribution >= 4 is 18.3 Å². The minimum absolute atomic E-state index is 0.0425. The van der Waals surface area contributed by atoms with Crippen LogP contribution in [-0.4, -0.2) is 58.6 Å². The van der Waals surface area contributed by atoms with E-state index in [0.29, 0.717) is 42.0 Å². The molecule has 5 aliphatic carbocycles. The smallest absolute Gasteiger partial charge is 0.310 e. The summed E-state index contributed by atoms with van der Waals surface area (Å²) in [5, 5.41) is 0. The zero-order valence-electron chi connectivity index (χ0n) is 37.5. The fourth-order valence-corrected chi connectivity index (χ4v) is 15.4. The molecule has 0 unspecified atom stereocenters. The van der Waals surface area contributed by atoms with Crippen LogP contribution in [0.4, 0.5) is 0 Å². The van der Waals surface area contributed by atoms with Crippen molar-refractivity contribution in [3.8, 4) is 17.0 Å². The Hall–Kier alpha value is -3.62. The maximum atomic E-state index is 15.6. The molecule has 11 atom stereocenters. The molecule has 1 aromatic heterocycles. The number of nitrogens with zero attached hydrogens (tertiary/aromatic N) is 2. The second-order valence-electron chi connectivity index (χ2n) is 21.9. The van der Waals surface area contributed by atoms with Crippen LogP contribution in [0.15, 0.2) is 42.6 Å². The number of ether oxygens (including phenoxy) is 3. The number of hydrogen-bond donors (Lipinski definition) is 1. The summed E-state index contributed by atoms with van der Waals surface area (Å²) in [6, 6.07) is 8.00.